The van der Waals surface area contributed by atoms with E-state index >= 15 is 0 Å². The van der Waals surface area contributed by atoms with Crippen molar-refractivity contribution in [3.63, 3.8) is 0 Å². The van der Waals surface area contributed by atoms with Gasteiger partial charge >= 0.3 is 39.5 Å². The van der Waals surface area contributed by atoms with Crippen LogP contribution >= 0.6 is 15.6 Å². The van der Waals surface area contributed by atoms with Gasteiger partial charge in [-0.25, -0.2) is 9.13 Å². The van der Waals surface area contributed by atoms with Crippen molar-refractivity contribution in [2.24, 2.45) is 0 Å². The van der Waals surface area contributed by atoms with Crippen molar-refractivity contribution >= 4 is 39.5 Å². The Balaban J connectivity index is 5.34. The van der Waals surface area contributed by atoms with E-state index in [-0.39, 0.29) is 25.7 Å². The molecule has 554 valence electrons. The number of phosphoric ester groups is 2. The van der Waals surface area contributed by atoms with Crippen molar-refractivity contribution in [1.82, 2.24) is 0 Å². The fourth-order valence-electron chi connectivity index (χ4n) is 9.81. The molecule has 0 saturated carbocycles. The summed E-state index contributed by atoms with van der Waals surface area (Å²) in [5.41, 5.74) is 0. The van der Waals surface area contributed by atoms with Crippen molar-refractivity contribution in [1.29, 1.82) is 0 Å². The Morgan fingerprint density at radius 3 is 0.927 bits per heavy atom. The van der Waals surface area contributed by atoms with Crippen LogP contribution in [0.25, 0.3) is 0 Å². The maximum atomic E-state index is 13.0. The number of esters is 4. The SMILES string of the molecule is CC/C=C\C/C=C\C/C=C\C/C=C\C/C=C\C/C=C\CCC(=O)OCC(COP(=O)(O)OCC(O)COP(=O)(O)OCC(COC(=O)CCCCCCC/C=C\CCCCCCCC)OC(=O)CCCCCCC/C=C\CCCC)OC(=O)CCCCCCCCCCCCC. The molecule has 0 aromatic carbocycles. The first-order chi connectivity index (χ1) is 46.7. The van der Waals surface area contributed by atoms with Crippen molar-refractivity contribution < 1.29 is 80.2 Å². The molecule has 0 fully saturated rings. The highest BCUT2D eigenvalue weighted by atomic mass is 31.2. The van der Waals surface area contributed by atoms with Crippen LogP contribution in [0.3, 0.4) is 0 Å². The Kier molecular flexibility index (Phi) is 66.6. The van der Waals surface area contributed by atoms with Crippen LogP contribution in [-0.2, 0) is 65.4 Å². The van der Waals surface area contributed by atoms with E-state index in [2.05, 4.69) is 107 Å². The first-order valence-corrected chi connectivity index (χ1v) is 40.5. The van der Waals surface area contributed by atoms with Crippen LogP contribution in [0.2, 0.25) is 0 Å². The molecule has 0 aliphatic heterocycles. The molecule has 0 bridgehead atoms. The summed E-state index contributed by atoms with van der Waals surface area (Å²) < 4.78 is 68.2. The minimum Gasteiger partial charge on any atom is -0.462 e. The third kappa shape index (κ3) is 68.5. The number of rotatable bonds is 70. The summed E-state index contributed by atoms with van der Waals surface area (Å²) in [6, 6.07) is 0. The molecule has 5 atom stereocenters. The Bertz CT molecular complexity index is 2200. The van der Waals surface area contributed by atoms with Gasteiger partial charge in [0.25, 0.3) is 0 Å². The number of unbranched alkanes of at least 4 members (excludes halogenated alkanes) is 28. The van der Waals surface area contributed by atoms with Crippen LogP contribution in [0.5, 0.6) is 0 Å². The van der Waals surface area contributed by atoms with Crippen molar-refractivity contribution in [2.45, 2.75) is 329 Å². The normalized spacial score (nSPS) is 14.5. The number of aliphatic hydroxyl groups is 1. The first-order valence-electron chi connectivity index (χ1n) is 37.5. The summed E-state index contributed by atoms with van der Waals surface area (Å²) in [5.74, 6) is -2.28. The maximum Gasteiger partial charge on any atom is 0.472 e. The molecule has 96 heavy (non-hydrogen) atoms. The lowest BCUT2D eigenvalue weighted by atomic mass is 10.1. The van der Waals surface area contributed by atoms with E-state index in [0.717, 1.165) is 135 Å². The second-order valence-electron chi connectivity index (χ2n) is 24.9. The predicted molar refractivity (Wildman–Crippen MR) is 390 cm³/mol. The Labute approximate surface area is 582 Å². The van der Waals surface area contributed by atoms with E-state index in [0.29, 0.717) is 32.1 Å². The minimum absolute atomic E-state index is 0.0375. The average molecular weight is 1390 g/mol. The number of phosphoric acid groups is 2. The second-order valence-corrected chi connectivity index (χ2v) is 27.8. The fourth-order valence-corrected chi connectivity index (χ4v) is 11.4. The predicted octanol–water partition coefficient (Wildman–Crippen LogP) is 21.2. The van der Waals surface area contributed by atoms with Gasteiger partial charge in [-0.1, -0.05) is 273 Å². The molecule has 0 aliphatic rings. The Morgan fingerprint density at radius 2 is 0.573 bits per heavy atom. The van der Waals surface area contributed by atoms with E-state index in [1.165, 1.54) is 89.9 Å². The lowest BCUT2D eigenvalue weighted by Gasteiger charge is -2.21. The number of carbonyl (C=O) groups is 4. The highest BCUT2D eigenvalue weighted by Gasteiger charge is 2.30. The largest absolute Gasteiger partial charge is 0.472 e. The zero-order chi connectivity index (χ0) is 70.4. The minimum atomic E-state index is -4.98. The van der Waals surface area contributed by atoms with E-state index in [1.54, 1.807) is 0 Å². The quantitative estimate of drug-likeness (QED) is 0.0169. The highest BCUT2D eigenvalue weighted by molar-refractivity contribution is 7.47. The van der Waals surface area contributed by atoms with Gasteiger partial charge in [-0.05, 0) is 109 Å². The smallest absolute Gasteiger partial charge is 0.462 e. The van der Waals surface area contributed by atoms with E-state index in [4.69, 9.17) is 37.0 Å². The molecule has 0 radical (unpaired) electrons. The van der Waals surface area contributed by atoms with Gasteiger partial charge in [0.1, 0.15) is 19.3 Å². The van der Waals surface area contributed by atoms with E-state index in [1.807, 2.05) is 18.2 Å². The third-order valence-electron chi connectivity index (χ3n) is 15.5. The number of aliphatic hydroxyl groups excluding tert-OH is 1. The molecule has 0 aromatic rings. The van der Waals surface area contributed by atoms with Gasteiger partial charge < -0.3 is 33.8 Å². The molecule has 19 heteroatoms. The van der Waals surface area contributed by atoms with Crippen LogP contribution in [0, 0.1) is 0 Å². The van der Waals surface area contributed by atoms with Crippen LogP contribution in [0.4, 0.5) is 0 Å². The lowest BCUT2D eigenvalue weighted by molar-refractivity contribution is -0.161. The summed E-state index contributed by atoms with van der Waals surface area (Å²) in [7, 11) is -9.96. The fraction of sp³-hybridized carbons (Fsp3) is 0.740. The molecular formula is C77H134O17P2. The van der Waals surface area contributed by atoms with Gasteiger partial charge in [-0.15, -0.1) is 0 Å². The number of hydrogen-bond acceptors (Lipinski definition) is 15. The number of allylic oxidation sites excluding steroid dienone is 16. The van der Waals surface area contributed by atoms with Crippen LogP contribution in [0.15, 0.2) is 97.2 Å². The second kappa shape index (κ2) is 69.5. The first kappa shape index (κ1) is 92.0. The van der Waals surface area contributed by atoms with Crippen molar-refractivity contribution in [3.05, 3.63) is 97.2 Å². The summed E-state index contributed by atoms with van der Waals surface area (Å²) in [6.07, 6.45) is 71.4. The maximum absolute atomic E-state index is 13.0. The summed E-state index contributed by atoms with van der Waals surface area (Å²) in [5, 5.41) is 10.6. The van der Waals surface area contributed by atoms with Crippen molar-refractivity contribution in [3.8, 4) is 0 Å². The lowest BCUT2D eigenvalue weighted by Crippen LogP contribution is -2.30. The van der Waals surface area contributed by atoms with Crippen molar-refractivity contribution in [2.75, 3.05) is 39.6 Å². The van der Waals surface area contributed by atoms with Gasteiger partial charge in [-0.2, -0.15) is 0 Å². The van der Waals surface area contributed by atoms with Gasteiger partial charge in [0.05, 0.1) is 26.4 Å². The monoisotopic (exact) mass is 1390 g/mol. The van der Waals surface area contributed by atoms with E-state index < -0.39 is 97.5 Å². The zero-order valence-corrected chi connectivity index (χ0v) is 62.1. The zero-order valence-electron chi connectivity index (χ0n) is 60.3. The highest BCUT2D eigenvalue weighted by Crippen LogP contribution is 2.45. The third-order valence-corrected chi connectivity index (χ3v) is 17.4. The Morgan fingerprint density at radius 1 is 0.302 bits per heavy atom. The van der Waals surface area contributed by atoms with Gasteiger partial charge in [0.15, 0.2) is 12.2 Å². The van der Waals surface area contributed by atoms with Gasteiger partial charge in [-0.3, -0.25) is 37.3 Å². The molecule has 5 unspecified atom stereocenters. The summed E-state index contributed by atoms with van der Waals surface area (Å²) in [4.78, 5) is 72.6. The summed E-state index contributed by atoms with van der Waals surface area (Å²) >= 11 is 0. The number of ether oxygens (including phenoxy) is 4. The van der Waals surface area contributed by atoms with Gasteiger partial charge in [0.2, 0.25) is 0 Å². The van der Waals surface area contributed by atoms with E-state index in [9.17, 15) is 43.2 Å². The number of carbonyl (C=O) groups excluding carboxylic acids is 4. The molecule has 0 spiro atoms. The molecule has 0 heterocycles. The molecule has 0 aromatic heterocycles. The molecule has 17 nitrogen and oxygen atoms in total. The molecule has 0 aliphatic carbocycles. The van der Waals surface area contributed by atoms with Crippen LogP contribution in [0.1, 0.15) is 310 Å². The molecule has 0 amide bonds. The average Bonchev–Trinajstić information content (AvgIpc) is 1.15. The Hall–Kier alpha value is -4.02. The van der Waals surface area contributed by atoms with Crippen LogP contribution < -0.4 is 0 Å². The molecular weight excluding hydrogens is 1260 g/mol. The molecule has 0 saturated heterocycles. The molecule has 0 rings (SSSR count). The molecule has 3 N–H and O–H groups in total. The standard InChI is InChI=1S/C77H134O17P2/c1-5-9-13-17-21-25-29-31-33-34-35-36-38-40-44-46-50-54-58-62-75(80)88-68-73(94-77(82)64-60-56-52-48-42-28-24-20-16-12-8-4)70-92-96(85,86)90-66-71(78)65-89-95(83,84)91-69-72(93-76(81)63-59-55-51-47-41-27-23-19-15-11-7-3)67-87-74(79)61-57-53-49-45-43-39-37-32-30-26-22-18-14-10-6-2/h9,13,19,21,23,25,31-33,35-37,40,44,50,54,71-73,78H,5-8,10-12,14-18,20,22,24,26-30,34,38-39,41-43,45-49,51-53,55-70H2,1-4H3,(H,83,84)(H,85,86)/b13-9-,23-19-,25-21-,33-31-,36-35-,37-32-,44-40-,54-50-. The number of hydrogen-bond donors (Lipinski definition) is 3. The topological polar surface area (TPSA) is 237 Å². The summed E-state index contributed by atoms with van der Waals surface area (Å²) in [6.45, 7) is 4.61. The van der Waals surface area contributed by atoms with Crippen LogP contribution in [-0.4, -0.2) is 96.7 Å². The van der Waals surface area contributed by atoms with Gasteiger partial charge in [0, 0.05) is 25.7 Å².